The molecule has 1 aromatic carbocycles. The van der Waals surface area contributed by atoms with E-state index in [2.05, 4.69) is 26.2 Å². The summed E-state index contributed by atoms with van der Waals surface area (Å²) in [5.74, 6) is -4.37. The van der Waals surface area contributed by atoms with E-state index in [1.165, 1.54) is 13.0 Å². The van der Waals surface area contributed by atoms with E-state index in [0.717, 1.165) is 16.7 Å². The van der Waals surface area contributed by atoms with Crippen molar-refractivity contribution >= 4 is 39.9 Å². The van der Waals surface area contributed by atoms with Gasteiger partial charge in [0, 0.05) is 5.70 Å². The zero-order chi connectivity index (χ0) is 19.9. The molecule has 0 bridgehead atoms. The first-order valence-corrected chi connectivity index (χ1v) is 7.97. The molecule has 140 valence electrons. The van der Waals surface area contributed by atoms with Gasteiger partial charge >= 0.3 is 5.76 Å². The maximum Gasteiger partial charge on any atom is 0.446 e. The number of halogens is 5. The molecule has 0 spiro atoms. The molecule has 0 aliphatic rings. The standard InChI is InChI=1S/C16H9Cl2F3N4O2/c1-6(3-4-9(19)7(2)17)25-14(24-27-16(25)26)8-5-10(20)11(21)13-12(8)22-15(18)23-13/h3-5H,2H2,1H3,(H,22,23)/b6-3+,9-4+. The molecule has 3 rings (SSSR count). The zero-order valence-corrected chi connectivity index (χ0v) is 15.0. The summed E-state index contributed by atoms with van der Waals surface area (Å²) in [6, 6.07) is 0.810. The van der Waals surface area contributed by atoms with Crippen LogP contribution in [0.4, 0.5) is 13.2 Å². The number of aromatic amines is 1. The van der Waals surface area contributed by atoms with Crippen molar-refractivity contribution in [2.45, 2.75) is 6.92 Å². The summed E-state index contributed by atoms with van der Waals surface area (Å²) in [6.45, 7) is 4.67. The van der Waals surface area contributed by atoms with Crippen LogP contribution in [0.3, 0.4) is 0 Å². The Morgan fingerprint density at radius 3 is 2.78 bits per heavy atom. The Bertz CT molecular complexity index is 1190. The highest BCUT2D eigenvalue weighted by Gasteiger charge is 2.23. The number of benzene rings is 1. The third kappa shape index (κ3) is 3.43. The van der Waals surface area contributed by atoms with Crippen molar-refractivity contribution in [2.24, 2.45) is 0 Å². The lowest BCUT2D eigenvalue weighted by Crippen LogP contribution is -2.13. The van der Waals surface area contributed by atoms with E-state index in [0.29, 0.717) is 0 Å². The Hall–Kier alpha value is -2.78. The van der Waals surface area contributed by atoms with Gasteiger partial charge in [0.1, 0.15) is 11.3 Å². The summed E-state index contributed by atoms with van der Waals surface area (Å²) in [7, 11) is 0. The molecule has 0 aliphatic carbocycles. The third-order valence-corrected chi connectivity index (χ3v) is 3.92. The molecule has 27 heavy (non-hydrogen) atoms. The molecule has 1 N–H and O–H groups in total. The van der Waals surface area contributed by atoms with Crippen molar-refractivity contribution < 1.29 is 17.7 Å². The maximum absolute atomic E-state index is 14.0. The quantitative estimate of drug-likeness (QED) is 0.620. The number of fused-ring (bicyclic) bond motifs is 1. The average Bonchev–Trinajstić information content (AvgIpc) is 3.18. The van der Waals surface area contributed by atoms with Crippen molar-refractivity contribution in [1.82, 2.24) is 19.7 Å². The molecule has 0 fully saturated rings. The highest BCUT2D eigenvalue weighted by atomic mass is 35.5. The highest BCUT2D eigenvalue weighted by Crippen LogP contribution is 2.31. The maximum atomic E-state index is 14.0. The lowest BCUT2D eigenvalue weighted by molar-refractivity contribution is 0.384. The van der Waals surface area contributed by atoms with Crippen LogP contribution in [0.1, 0.15) is 6.92 Å². The molecule has 11 heteroatoms. The molecule has 0 radical (unpaired) electrons. The minimum absolute atomic E-state index is 0.00427. The fourth-order valence-electron chi connectivity index (χ4n) is 2.34. The summed E-state index contributed by atoms with van der Waals surface area (Å²) in [6.07, 6.45) is 2.18. The van der Waals surface area contributed by atoms with E-state index in [1.54, 1.807) is 0 Å². The van der Waals surface area contributed by atoms with Gasteiger partial charge in [0.15, 0.2) is 17.5 Å². The van der Waals surface area contributed by atoms with Crippen molar-refractivity contribution in [3.05, 3.63) is 63.1 Å². The minimum Gasteiger partial charge on any atom is -0.328 e. The van der Waals surface area contributed by atoms with Gasteiger partial charge in [-0.25, -0.2) is 27.5 Å². The average molecular weight is 417 g/mol. The molecular formula is C16H9Cl2F3N4O2. The number of hydrogen-bond acceptors (Lipinski definition) is 4. The van der Waals surface area contributed by atoms with Crippen molar-refractivity contribution in [3.8, 4) is 11.4 Å². The van der Waals surface area contributed by atoms with Crippen LogP contribution in [0.2, 0.25) is 5.28 Å². The van der Waals surface area contributed by atoms with E-state index in [-0.39, 0.29) is 38.4 Å². The van der Waals surface area contributed by atoms with Crippen LogP contribution < -0.4 is 5.76 Å². The number of aromatic nitrogens is 4. The SMILES string of the molecule is C=C(Cl)/C(F)=C\C=C(/C)n1c(-c2cc(F)c(F)c3nc(Cl)[nH]c23)noc1=O. The van der Waals surface area contributed by atoms with Gasteiger partial charge < -0.3 is 4.98 Å². The van der Waals surface area contributed by atoms with Crippen LogP contribution in [0, 0.1) is 11.6 Å². The van der Waals surface area contributed by atoms with Crippen LogP contribution in [0.5, 0.6) is 0 Å². The van der Waals surface area contributed by atoms with Crippen molar-refractivity contribution in [1.29, 1.82) is 0 Å². The van der Waals surface area contributed by atoms with Gasteiger partial charge in [-0.05, 0) is 36.7 Å². The number of rotatable bonds is 4. The van der Waals surface area contributed by atoms with Crippen LogP contribution in [-0.4, -0.2) is 19.7 Å². The van der Waals surface area contributed by atoms with Crippen LogP contribution >= 0.6 is 23.2 Å². The van der Waals surface area contributed by atoms with Gasteiger partial charge in [-0.15, -0.1) is 0 Å². The van der Waals surface area contributed by atoms with E-state index in [4.69, 9.17) is 23.2 Å². The normalized spacial score (nSPS) is 12.8. The number of allylic oxidation sites excluding steroid dienone is 5. The molecule has 2 heterocycles. The highest BCUT2D eigenvalue weighted by molar-refractivity contribution is 6.31. The second kappa shape index (κ2) is 7.09. The largest absolute Gasteiger partial charge is 0.446 e. The predicted molar refractivity (Wildman–Crippen MR) is 94.9 cm³/mol. The fourth-order valence-corrected chi connectivity index (χ4v) is 2.58. The van der Waals surface area contributed by atoms with Crippen LogP contribution in [-0.2, 0) is 0 Å². The molecular weight excluding hydrogens is 408 g/mol. The zero-order valence-electron chi connectivity index (χ0n) is 13.5. The van der Waals surface area contributed by atoms with Crippen LogP contribution in [0.25, 0.3) is 28.1 Å². The van der Waals surface area contributed by atoms with Gasteiger partial charge in [-0.2, -0.15) is 0 Å². The molecule has 0 saturated carbocycles. The summed E-state index contributed by atoms with van der Waals surface area (Å²) < 4.78 is 47.0. The second-order valence-electron chi connectivity index (χ2n) is 5.31. The molecule has 0 atom stereocenters. The summed E-state index contributed by atoms with van der Waals surface area (Å²) in [4.78, 5) is 18.3. The molecule has 6 nitrogen and oxygen atoms in total. The number of imidazole rings is 1. The molecule has 0 amide bonds. The molecule has 0 saturated heterocycles. The monoisotopic (exact) mass is 416 g/mol. The molecule has 0 unspecified atom stereocenters. The van der Waals surface area contributed by atoms with Gasteiger partial charge in [-0.1, -0.05) is 23.3 Å². The summed E-state index contributed by atoms with van der Waals surface area (Å²) in [5.41, 5.74) is -0.242. The smallest absolute Gasteiger partial charge is 0.328 e. The fraction of sp³-hybridized carbons (Fsp3) is 0.0625. The summed E-state index contributed by atoms with van der Waals surface area (Å²) >= 11 is 11.2. The van der Waals surface area contributed by atoms with E-state index in [9.17, 15) is 18.0 Å². The number of nitrogens with zero attached hydrogens (tertiary/aromatic N) is 3. The van der Waals surface area contributed by atoms with Crippen molar-refractivity contribution in [3.63, 3.8) is 0 Å². The van der Waals surface area contributed by atoms with E-state index < -0.39 is 23.2 Å². The van der Waals surface area contributed by atoms with E-state index >= 15 is 0 Å². The van der Waals surface area contributed by atoms with Gasteiger partial charge in [0.2, 0.25) is 5.28 Å². The van der Waals surface area contributed by atoms with Crippen LogP contribution in [0.15, 0.2) is 45.0 Å². The second-order valence-corrected chi connectivity index (χ2v) is 6.12. The first-order valence-electron chi connectivity index (χ1n) is 7.22. The van der Waals surface area contributed by atoms with Crippen molar-refractivity contribution in [2.75, 3.05) is 0 Å². The third-order valence-electron chi connectivity index (χ3n) is 3.56. The minimum atomic E-state index is -1.23. The van der Waals surface area contributed by atoms with Gasteiger partial charge in [0.25, 0.3) is 0 Å². The lowest BCUT2D eigenvalue weighted by Gasteiger charge is -2.06. The Labute approximate surface area is 159 Å². The number of nitrogens with one attached hydrogen (secondary N) is 1. The number of H-pyrrole nitrogens is 1. The van der Waals surface area contributed by atoms with E-state index in [1.807, 2.05) is 0 Å². The number of hydrogen-bond donors (Lipinski definition) is 1. The first-order chi connectivity index (χ1) is 12.7. The Morgan fingerprint density at radius 2 is 2.11 bits per heavy atom. The Balaban J connectivity index is 2.25. The lowest BCUT2D eigenvalue weighted by atomic mass is 10.1. The first kappa shape index (κ1) is 19.0. The van der Waals surface area contributed by atoms with Gasteiger partial charge in [-0.3, -0.25) is 4.52 Å². The Morgan fingerprint density at radius 1 is 1.41 bits per heavy atom. The Kier molecular flexibility index (Phi) is 4.99. The molecule has 3 aromatic rings. The van der Waals surface area contributed by atoms with Gasteiger partial charge in [0.05, 0.1) is 16.1 Å². The topological polar surface area (TPSA) is 76.7 Å². The predicted octanol–water partition coefficient (Wildman–Crippen LogP) is 4.78. The molecule has 0 aliphatic heterocycles. The molecule has 2 aromatic heterocycles. The summed E-state index contributed by atoms with van der Waals surface area (Å²) in [5, 5.41) is 3.08.